The highest BCUT2D eigenvalue weighted by Gasteiger charge is 2.32. The van der Waals surface area contributed by atoms with E-state index in [-0.39, 0.29) is 18.0 Å². The molecule has 4 heteroatoms. The third-order valence-electron chi connectivity index (χ3n) is 3.60. The standard InChI is InChI=1S/C15H21BrFNO/c1-5-18(6-2)15(3,4)14(19)9-11-7-8-12(16)10-13(11)17/h7-8,10H,5-6,9H2,1-4H3. The molecule has 19 heavy (non-hydrogen) atoms. The summed E-state index contributed by atoms with van der Waals surface area (Å²) < 4.78 is 14.5. The third-order valence-corrected chi connectivity index (χ3v) is 4.10. The van der Waals surface area contributed by atoms with Crippen molar-refractivity contribution in [2.24, 2.45) is 0 Å². The largest absolute Gasteiger partial charge is 0.297 e. The lowest BCUT2D eigenvalue weighted by Crippen LogP contribution is -2.50. The zero-order valence-electron chi connectivity index (χ0n) is 12.0. The molecule has 0 saturated carbocycles. The molecule has 0 N–H and O–H groups in total. The Morgan fingerprint density at radius 1 is 1.32 bits per heavy atom. The summed E-state index contributed by atoms with van der Waals surface area (Å²) in [5, 5.41) is 0. The molecule has 0 aliphatic heterocycles. The van der Waals surface area contributed by atoms with Gasteiger partial charge in [0.15, 0.2) is 5.78 Å². The highest BCUT2D eigenvalue weighted by Crippen LogP contribution is 2.21. The SMILES string of the molecule is CCN(CC)C(C)(C)C(=O)Cc1ccc(Br)cc1F. The van der Waals surface area contributed by atoms with Crippen molar-refractivity contribution >= 4 is 21.7 Å². The first kappa shape index (κ1) is 16.3. The number of carbonyl (C=O) groups is 1. The Balaban J connectivity index is 2.89. The van der Waals surface area contributed by atoms with E-state index in [2.05, 4.69) is 20.8 Å². The number of Topliss-reactive ketones (excluding diaryl/α,β-unsaturated/α-hetero) is 1. The van der Waals surface area contributed by atoms with E-state index in [4.69, 9.17) is 0 Å². The molecule has 0 radical (unpaired) electrons. The van der Waals surface area contributed by atoms with Gasteiger partial charge in [-0.25, -0.2) is 4.39 Å². The summed E-state index contributed by atoms with van der Waals surface area (Å²) in [5.74, 6) is -0.296. The highest BCUT2D eigenvalue weighted by atomic mass is 79.9. The van der Waals surface area contributed by atoms with Gasteiger partial charge in [0.1, 0.15) is 5.82 Å². The Kier molecular flexibility index (Phi) is 5.68. The topological polar surface area (TPSA) is 20.3 Å². The van der Waals surface area contributed by atoms with Gasteiger partial charge in [0.05, 0.1) is 5.54 Å². The summed E-state index contributed by atoms with van der Waals surface area (Å²) in [6.45, 7) is 9.46. The molecule has 0 unspecified atom stereocenters. The van der Waals surface area contributed by atoms with Crippen LogP contribution >= 0.6 is 15.9 Å². The summed E-state index contributed by atoms with van der Waals surface area (Å²) >= 11 is 3.21. The quantitative estimate of drug-likeness (QED) is 0.790. The Morgan fingerprint density at radius 3 is 2.37 bits per heavy atom. The van der Waals surface area contributed by atoms with E-state index in [1.54, 1.807) is 12.1 Å². The molecule has 2 nitrogen and oxygen atoms in total. The number of carbonyl (C=O) groups excluding carboxylic acids is 1. The molecule has 0 aliphatic carbocycles. The van der Waals surface area contributed by atoms with Crippen molar-refractivity contribution in [3.05, 3.63) is 34.1 Å². The van der Waals surface area contributed by atoms with E-state index in [9.17, 15) is 9.18 Å². The fourth-order valence-electron chi connectivity index (χ4n) is 2.24. The van der Waals surface area contributed by atoms with E-state index in [1.807, 2.05) is 27.7 Å². The average molecular weight is 330 g/mol. The van der Waals surface area contributed by atoms with Crippen molar-refractivity contribution in [1.82, 2.24) is 4.90 Å². The van der Waals surface area contributed by atoms with Gasteiger partial charge in [0.2, 0.25) is 0 Å². The highest BCUT2D eigenvalue weighted by molar-refractivity contribution is 9.10. The van der Waals surface area contributed by atoms with Crippen LogP contribution in [-0.2, 0) is 11.2 Å². The minimum atomic E-state index is -0.566. The monoisotopic (exact) mass is 329 g/mol. The Bertz CT molecular complexity index is 455. The van der Waals surface area contributed by atoms with Gasteiger partial charge in [0.25, 0.3) is 0 Å². The molecule has 0 amide bonds. The molecule has 0 aliphatic rings. The van der Waals surface area contributed by atoms with Gasteiger partial charge in [-0.05, 0) is 44.6 Å². The van der Waals surface area contributed by atoms with Gasteiger partial charge in [-0.1, -0.05) is 35.8 Å². The minimum Gasteiger partial charge on any atom is -0.297 e. The number of benzene rings is 1. The van der Waals surface area contributed by atoms with Crippen LogP contribution in [0, 0.1) is 5.82 Å². The van der Waals surface area contributed by atoms with Crippen LogP contribution < -0.4 is 0 Å². The third kappa shape index (κ3) is 3.86. The number of ketones is 1. The predicted molar refractivity (Wildman–Crippen MR) is 79.8 cm³/mol. The first-order valence-electron chi connectivity index (χ1n) is 6.55. The number of hydrogen-bond acceptors (Lipinski definition) is 2. The molecular formula is C15H21BrFNO. The van der Waals surface area contributed by atoms with Crippen molar-refractivity contribution in [2.45, 2.75) is 39.7 Å². The Labute approximate surface area is 123 Å². The molecule has 106 valence electrons. The van der Waals surface area contributed by atoms with Crippen molar-refractivity contribution in [3.8, 4) is 0 Å². The zero-order valence-corrected chi connectivity index (χ0v) is 13.6. The maximum atomic E-state index is 13.8. The first-order chi connectivity index (χ1) is 8.82. The normalized spacial score (nSPS) is 11.9. The van der Waals surface area contributed by atoms with Crippen molar-refractivity contribution in [1.29, 1.82) is 0 Å². The molecular weight excluding hydrogens is 309 g/mol. The second-order valence-corrected chi connectivity index (χ2v) is 5.98. The zero-order chi connectivity index (χ0) is 14.6. The van der Waals surface area contributed by atoms with Crippen molar-refractivity contribution in [2.75, 3.05) is 13.1 Å². The van der Waals surface area contributed by atoms with Crippen LogP contribution in [0.1, 0.15) is 33.3 Å². The number of likely N-dealkylation sites (N-methyl/N-ethyl adjacent to an activating group) is 1. The molecule has 0 spiro atoms. The van der Waals surface area contributed by atoms with Crippen LogP contribution in [-0.4, -0.2) is 29.3 Å². The number of rotatable bonds is 6. The van der Waals surface area contributed by atoms with E-state index in [0.717, 1.165) is 13.1 Å². The number of nitrogens with zero attached hydrogens (tertiary/aromatic N) is 1. The molecule has 0 aromatic heterocycles. The number of halogens is 2. The summed E-state index contributed by atoms with van der Waals surface area (Å²) in [5.41, 5.74) is -0.114. The van der Waals surface area contributed by atoms with Crippen molar-refractivity contribution < 1.29 is 9.18 Å². The molecule has 1 aromatic rings. The lowest BCUT2D eigenvalue weighted by atomic mass is 9.91. The first-order valence-corrected chi connectivity index (χ1v) is 7.34. The van der Waals surface area contributed by atoms with Crippen LogP contribution in [0.5, 0.6) is 0 Å². The van der Waals surface area contributed by atoms with Gasteiger partial charge in [-0.2, -0.15) is 0 Å². The fourth-order valence-corrected chi connectivity index (χ4v) is 2.58. The average Bonchev–Trinajstić information content (AvgIpc) is 2.33. The van der Waals surface area contributed by atoms with Crippen LogP contribution in [0.4, 0.5) is 4.39 Å². The van der Waals surface area contributed by atoms with Gasteiger partial charge >= 0.3 is 0 Å². The molecule has 1 rings (SSSR count). The van der Waals surface area contributed by atoms with E-state index >= 15 is 0 Å². The van der Waals surface area contributed by atoms with Crippen LogP contribution in [0.15, 0.2) is 22.7 Å². The smallest absolute Gasteiger partial charge is 0.156 e. The molecule has 1 aromatic carbocycles. The Hall–Kier alpha value is -0.740. The maximum Gasteiger partial charge on any atom is 0.156 e. The van der Waals surface area contributed by atoms with Crippen LogP contribution in [0.3, 0.4) is 0 Å². The van der Waals surface area contributed by atoms with Crippen LogP contribution in [0.2, 0.25) is 0 Å². The van der Waals surface area contributed by atoms with Crippen molar-refractivity contribution in [3.63, 3.8) is 0 Å². The second-order valence-electron chi connectivity index (χ2n) is 5.07. The molecule has 0 bridgehead atoms. The predicted octanol–water partition coefficient (Wildman–Crippen LogP) is 3.82. The summed E-state index contributed by atoms with van der Waals surface area (Å²) in [6.07, 6.45) is 0.128. The van der Waals surface area contributed by atoms with E-state index < -0.39 is 5.54 Å². The minimum absolute atomic E-state index is 0.0393. The second kappa shape index (κ2) is 6.62. The fraction of sp³-hybridized carbons (Fsp3) is 0.533. The number of hydrogen-bond donors (Lipinski definition) is 0. The lowest BCUT2D eigenvalue weighted by Gasteiger charge is -2.35. The molecule has 0 heterocycles. The van der Waals surface area contributed by atoms with Gasteiger partial charge in [-0.3, -0.25) is 9.69 Å². The molecule has 0 fully saturated rings. The van der Waals surface area contributed by atoms with Crippen LogP contribution in [0.25, 0.3) is 0 Å². The summed E-state index contributed by atoms with van der Waals surface area (Å²) in [6, 6.07) is 4.82. The lowest BCUT2D eigenvalue weighted by molar-refractivity contribution is -0.128. The molecule has 0 atom stereocenters. The van der Waals surface area contributed by atoms with Gasteiger partial charge < -0.3 is 0 Å². The Morgan fingerprint density at radius 2 is 1.89 bits per heavy atom. The van der Waals surface area contributed by atoms with Gasteiger partial charge in [0, 0.05) is 10.9 Å². The summed E-state index contributed by atoms with van der Waals surface area (Å²) in [7, 11) is 0. The summed E-state index contributed by atoms with van der Waals surface area (Å²) in [4.78, 5) is 14.5. The van der Waals surface area contributed by atoms with E-state index in [1.165, 1.54) is 6.07 Å². The van der Waals surface area contributed by atoms with Gasteiger partial charge in [-0.15, -0.1) is 0 Å². The van der Waals surface area contributed by atoms with E-state index in [0.29, 0.717) is 10.0 Å². The molecule has 0 saturated heterocycles. The maximum absolute atomic E-state index is 13.8.